The Balaban J connectivity index is 0.00000256. The summed E-state index contributed by atoms with van der Waals surface area (Å²) in [7, 11) is 3.62. The lowest BCUT2D eigenvalue weighted by Gasteiger charge is -2.26. The lowest BCUT2D eigenvalue weighted by Crippen LogP contribution is -2.42. The van der Waals surface area contributed by atoms with Gasteiger partial charge in [0.05, 0.1) is 0 Å². The quantitative estimate of drug-likeness (QED) is 0.497. The van der Waals surface area contributed by atoms with Crippen molar-refractivity contribution in [2.45, 2.75) is 19.3 Å². The summed E-state index contributed by atoms with van der Waals surface area (Å²) in [6.07, 6.45) is 3.65. The molecule has 0 amide bonds. The maximum Gasteiger partial charge on any atom is 0.190 e. The Labute approximate surface area is 120 Å². The Morgan fingerprint density at radius 1 is 1.35 bits per heavy atom. The molecule has 2 N–H and O–H groups in total. The van der Waals surface area contributed by atoms with Crippen molar-refractivity contribution in [2.75, 3.05) is 20.6 Å². The second-order valence-corrected chi connectivity index (χ2v) is 4.30. The third-order valence-electron chi connectivity index (χ3n) is 2.62. The molecular formula is C12H21IN4. The van der Waals surface area contributed by atoms with E-state index in [0.717, 1.165) is 12.5 Å². The number of nitrogens with zero attached hydrogens (tertiary/aromatic N) is 2. The monoisotopic (exact) mass is 348 g/mol. The van der Waals surface area contributed by atoms with Crippen LogP contribution >= 0.6 is 24.0 Å². The third-order valence-corrected chi connectivity index (χ3v) is 2.62. The first-order valence-corrected chi connectivity index (χ1v) is 5.39. The summed E-state index contributed by atoms with van der Waals surface area (Å²) in [6, 6.07) is 4.09. The van der Waals surface area contributed by atoms with Gasteiger partial charge in [0.15, 0.2) is 5.96 Å². The van der Waals surface area contributed by atoms with E-state index in [4.69, 9.17) is 0 Å². The molecule has 96 valence electrons. The lowest BCUT2D eigenvalue weighted by atomic mass is 9.85. The molecule has 0 radical (unpaired) electrons. The minimum atomic E-state index is 0. The van der Waals surface area contributed by atoms with Gasteiger partial charge in [0.1, 0.15) is 0 Å². The first-order valence-electron chi connectivity index (χ1n) is 5.39. The van der Waals surface area contributed by atoms with Gasteiger partial charge < -0.3 is 10.6 Å². The summed E-state index contributed by atoms with van der Waals surface area (Å²) >= 11 is 0. The van der Waals surface area contributed by atoms with Gasteiger partial charge in [-0.25, -0.2) is 0 Å². The van der Waals surface area contributed by atoms with Crippen LogP contribution in [-0.2, 0) is 5.41 Å². The maximum atomic E-state index is 4.09. The van der Waals surface area contributed by atoms with Crippen molar-refractivity contribution in [2.24, 2.45) is 4.99 Å². The molecule has 0 bridgehead atoms. The minimum Gasteiger partial charge on any atom is -0.359 e. The predicted molar refractivity (Wildman–Crippen MR) is 83.1 cm³/mol. The van der Waals surface area contributed by atoms with Crippen LogP contribution in [0.15, 0.2) is 29.5 Å². The highest BCUT2D eigenvalue weighted by atomic mass is 127. The van der Waals surface area contributed by atoms with Crippen LogP contribution < -0.4 is 10.6 Å². The van der Waals surface area contributed by atoms with Crippen LogP contribution in [0.3, 0.4) is 0 Å². The fraction of sp³-hybridized carbons (Fsp3) is 0.500. The molecule has 17 heavy (non-hydrogen) atoms. The number of rotatable bonds is 3. The summed E-state index contributed by atoms with van der Waals surface area (Å²) in [5.74, 6) is 0.808. The fourth-order valence-electron chi connectivity index (χ4n) is 1.49. The number of nitrogens with one attached hydrogen (secondary N) is 2. The Morgan fingerprint density at radius 3 is 2.41 bits per heavy atom. The fourth-order valence-corrected chi connectivity index (χ4v) is 1.49. The number of pyridine rings is 1. The van der Waals surface area contributed by atoms with E-state index in [1.165, 1.54) is 5.56 Å². The summed E-state index contributed by atoms with van der Waals surface area (Å²) in [4.78, 5) is 8.12. The molecule has 1 aromatic rings. The first-order chi connectivity index (χ1) is 7.60. The molecule has 0 spiro atoms. The summed E-state index contributed by atoms with van der Waals surface area (Å²) in [5.41, 5.74) is 1.32. The van der Waals surface area contributed by atoms with Gasteiger partial charge in [0.25, 0.3) is 0 Å². The molecule has 4 nitrogen and oxygen atoms in total. The molecule has 0 fully saturated rings. The highest BCUT2D eigenvalue weighted by Gasteiger charge is 2.20. The van der Waals surface area contributed by atoms with E-state index in [-0.39, 0.29) is 29.4 Å². The van der Waals surface area contributed by atoms with Crippen LogP contribution in [-0.4, -0.2) is 31.6 Å². The minimum absolute atomic E-state index is 0. The number of hydrogen-bond acceptors (Lipinski definition) is 2. The van der Waals surface area contributed by atoms with Crippen LogP contribution in [0.5, 0.6) is 0 Å². The molecule has 0 aliphatic heterocycles. The van der Waals surface area contributed by atoms with Crippen molar-refractivity contribution in [1.82, 2.24) is 15.6 Å². The van der Waals surface area contributed by atoms with Crippen LogP contribution in [0.4, 0.5) is 0 Å². The van der Waals surface area contributed by atoms with Crippen LogP contribution in [0.25, 0.3) is 0 Å². The molecule has 0 saturated heterocycles. The average molecular weight is 348 g/mol. The standard InChI is InChI=1S/C12H20N4.HI/c1-12(2,9-16-11(13-3)14-4)10-5-7-15-8-6-10;/h5-8H,9H2,1-4H3,(H2,13,14,16);1H. The van der Waals surface area contributed by atoms with Gasteiger partial charge in [0, 0.05) is 38.4 Å². The maximum absolute atomic E-state index is 4.09. The molecule has 5 heteroatoms. The van der Waals surface area contributed by atoms with Gasteiger partial charge in [-0.2, -0.15) is 0 Å². The zero-order valence-corrected chi connectivity index (χ0v) is 13.1. The van der Waals surface area contributed by atoms with Crippen molar-refractivity contribution in [3.63, 3.8) is 0 Å². The zero-order chi connectivity index (χ0) is 12.0. The number of hydrogen-bond donors (Lipinski definition) is 2. The predicted octanol–water partition coefficient (Wildman–Crippen LogP) is 1.77. The first kappa shape index (κ1) is 16.1. The average Bonchev–Trinajstić information content (AvgIpc) is 2.31. The molecule has 1 aromatic heterocycles. The Kier molecular flexibility index (Phi) is 7.10. The van der Waals surface area contributed by atoms with Gasteiger partial charge >= 0.3 is 0 Å². The van der Waals surface area contributed by atoms with Crippen molar-refractivity contribution >= 4 is 29.9 Å². The molecule has 1 rings (SSSR count). The second-order valence-electron chi connectivity index (χ2n) is 4.30. The highest BCUT2D eigenvalue weighted by Crippen LogP contribution is 2.20. The summed E-state index contributed by atoms with van der Waals surface area (Å²) in [5, 5.41) is 6.28. The van der Waals surface area contributed by atoms with E-state index in [9.17, 15) is 0 Å². The molecule has 0 unspecified atom stereocenters. The molecule has 0 aromatic carbocycles. The Morgan fingerprint density at radius 2 is 1.94 bits per heavy atom. The lowest BCUT2D eigenvalue weighted by molar-refractivity contribution is 0.509. The van der Waals surface area contributed by atoms with Crippen molar-refractivity contribution in [3.05, 3.63) is 30.1 Å². The second kappa shape index (κ2) is 7.47. The molecule has 1 heterocycles. The molecule has 0 aliphatic rings. The van der Waals surface area contributed by atoms with E-state index >= 15 is 0 Å². The summed E-state index contributed by atoms with van der Waals surface area (Å²) < 4.78 is 0. The largest absolute Gasteiger partial charge is 0.359 e. The number of aromatic nitrogens is 1. The normalized spacial score (nSPS) is 11.6. The third kappa shape index (κ3) is 4.89. The zero-order valence-electron chi connectivity index (χ0n) is 10.8. The van der Waals surface area contributed by atoms with Gasteiger partial charge in [-0.15, -0.1) is 24.0 Å². The van der Waals surface area contributed by atoms with E-state index in [2.05, 4.69) is 34.5 Å². The molecule has 0 aliphatic carbocycles. The highest BCUT2D eigenvalue weighted by molar-refractivity contribution is 14.0. The van der Waals surface area contributed by atoms with Crippen molar-refractivity contribution in [1.29, 1.82) is 0 Å². The number of halogens is 1. The van der Waals surface area contributed by atoms with E-state index in [0.29, 0.717) is 0 Å². The molecule has 0 saturated carbocycles. The van der Waals surface area contributed by atoms with Gasteiger partial charge in [-0.05, 0) is 17.7 Å². The van der Waals surface area contributed by atoms with E-state index in [1.807, 2.05) is 31.6 Å². The smallest absolute Gasteiger partial charge is 0.190 e. The van der Waals surface area contributed by atoms with Crippen LogP contribution in [0.1, 0.15) is 19.4 Å². The van der Waals surface area contributed by atoms with Gasteiger partial charge in [-0.3, -0.25) is 9.98 Å². The van der Waals surface area contributed by atoms with Crippen molar-refractivity contribution in [3.8, 4) is 0 Å². The summed E-state index contributed by atoms with van der Waals surface area (Å²) in [6.45, 7) is 5.21. The van der Waals surface area contributed by atoms with Gasteiger partial charge in [-0.1, -0.05) is 13.8 Å². The van der Waals surface area contributed by atoms with E-state index < -0.39 is 0 Å². The van der Waals surface area contributed by atoms with Crippen molar-refractivity contribution < 1.29 is 0 Å². The molecular weight excluding hydrogens is 327 g/mol. The van der Waals surface area contributed by atoms with Gasteiger partial charge in [0.2, 0.25) is 0 Å². The van der Waals surface area contributed by atoms with Crippen LogP contribution in [0, 0.1) is 0 Å². The Bertz CT molecular complexity index is 349. The molecule has 0 atom stereocenters. The number of aliphatic imine (C=N–C) groups is 1. The topological polar surface area (TPSA) is 49.3 Å². The SMILES string of the molecule is CN=C(NC)NCC(C)(C)c1ccncc1.I. The van der Waals surface area contributed by atoms with E-state index in [1.54, 1.807) is 7.05 Å². The number of guanidine groups is 1. The van der Waals surface area contributed by atoms with Crippen LogP contribution in [0.2, 0.25) is 0 Å². The Hall–Kier alpha value is -0.850.